The molecule has 7 heteroatoms. The number of amides is 1. The van der Waals surface area contributed by atoms with Gasteiger partial charge in [0.05, 0.1) is 12.8 Å². The topological polar surface area (TPSA) is 80.2 Å². The van der Waals surface area contributed by atoms with E-state index in [1.54, 1.807) is 18.3 Å². The van der Waals surface area contributed by atoms with Gasteiger partial charge in [-0.15, -0.1) is 5.10 Å². The lowest BCUT2D eigenvalue weighted by Gasteiger charge is -2.32. The van der Waals surface area contributed by atoms with E-state index in [9.17, 15) is 4.79 Å². The van der Waals surface area contributed by atoms with Crippen LogP contribution in [0.3, 0.4) is 0 Å². The summed E-state index contributed by atoms with van der Waals surface area (Å²) < 4.78 is 5.18. The molecular weight excluding hydrogens is 306 g/mol. The third-order valence-electron chi connectivity index (χ3n) is 4.13. The Hall–Kier alpha value is -2.70. The van der Waals surface area contributed by atoms with E-state index >= 15 is 0 Å². The van der Waals surface area contributed by atoms with Gasteiger partial charge in [0.2, 0.25) is 5.88 Å². The number of methoxy groups -OCH3 is 1. The molecule has 0 saturated carbocycles. The normalized spacial score (nSPS) is 15.2. The maximum absolute atomic E-state index is 12.6. The molecule has 3 heterocycles. The van der Waals surface area contributed by atoms with Crippen LogP contribution in [0.1, 0.15) is 28.9 Å². The van der Waals surface area contributed by atoms with Crippen molar-refractivity contribution in [3.63, 3.8) is 0 Å². The predicted octanol–water partition coefficient (Wildman–Crippen LogP) is 1.91. The van der Waals surface area contributed by atoms with Crippen molar-refractivity contribution in [3.05, 3.63) is 41.7 Å². The zero-order valence-electron chi connectivity index (χ0n) is 13.9. The molecule has 0 radical (unpaired) electrons. The molecular formula is C17H21N5O2. The number of hydrogen-bond donors (Lipinski definition) is 1. The summed E-state index contributed by atoms with van der Waals surface area (Å²) in [6, 6.07) is 7.66. The molecule has 1 N–H and O–H groups in total. The summed E-state index contributed by atoms with van der Waals surface area (Å²) >= 11 is 0. The third kappa shape index (κ3) is 3.61. The molecule has 0 bridgehead atoms. The Morgan fingerprint density at radius 2 is 2.04 bits per heavy atom. The minimum Gasteiger partial charge on any atom is -0.480 e. The van der Waals surface area contributed by atoms with Crippen molar-refractivity contribution < 1.29 is 9.53 Å². The van der Waals surface area contributed by atoms with Crippen LogP contribution in [0.5, 0.6) is 5.88 Å². The smallest absolute Gasteiger partial charge is 0.259 e. The maximum Gasteiger partial charge on any atom is 0.259 e. The molecule has 2 aromatic heterocycles. The van der Waals surface area contributed by atoms with Crippen LogP contribution in [0, 0.1) is 6.92 Å². The summed E-state index contributed by atoms with van der Waals surface area (Å²) in [6.07, 6.45) is 3.35. The number of hydrogen-bond acceptors (Lipinski definition) is 6. The van der Waals surface area contributed by atoms with Crippen LogP contribution in [-0.2, 0) is 0 Å². The monoisotopic (exact) mass is 327 g/mol. The van der Waals surface area contributed by atoms with Gasteiger partial charge in [-0.1, -0.05) is 0 Å². The molecule has 0 spiro atoms. The molecule has 24 heavy (non-hydrogen) atoms. The van der Waals surface area contributed by atoms with Gasteiger partial charge in [0.1, 0.15) is 11.4 Å². The Morgan fingerprint density at radius 3 is 2.71 bits per heavy atom. The lowest BCUT2D eigenvalue weighted by Crippen LogP contribution is -2.42. The minimum atomic E-state index is -0.0338. The average Bonchev–Trinajstić information content (AvgIpc) is 2.63. The van der Waals surface area contributed by atoms with Gasteiger partial charge in [-0.25, -0.2) is 4.98 Å². The zero-order valence-corrected chi connectivity index (χ0v) is 13.9. The number of likely N-dealkylation sites (tertiary alicyclic amines) is 1. The zero-order chi connectivity index (χ0) is 16.9. The van der Waals surface area contributed by atoms with E-state index in [0.717, 1.165) is 24.4 Å². The van der Waals surface area contributed by atoms with Gasteiger partial charge < -0.3 is 15.0 Å². The lowest BCUT2D eigenvalue weighted by atomic mass is 10.0. The summed E-state index contributed by atoms with van der Waals surface area (Å²) in [7, 11) is 1.53. The Bertz CT molecular complexity index is 696. The molecule has 0 aromatic carbocycles. The van der Waals surface area contributed by atoms with E-state index < -0.39 is 0 Å². The summed E-state index contributed by atoms with van der Waals surface area (Å²) in [6.45, 7) is 3.29. The predicted molar refractivity (Wildman–Crippen MR) is 90.1 cm³/mol. The fraction of sp³-hybridized carbons (Fsp3) is 0.412. The molecule has 3 rings (SSSR count). The third-order valence-corrected chi connectivity index (χ3v) is 4.13. The first-order valence-electron chi connectivity index (χ1n) is 8.02. The van der Waals surface area contributed by atoms with Gasteiger partial charge in [-0.3, -0.25) is 4.79 Å². The summed E-state index contributed by atoms with van der Waals surface area (Å²) in [5.74, 6) is 1.12. The number of carbonyl (C=O) groups excluding carboxylic acids is 1. The van der Waals surface area contributed by atoms with E-state index in [4.69, 9.17) is 4.74 Å². The Kier molecular flexibility index (Phi) is 4.88. The van der Waals surface area contributed by atoms with Crippen molar-refractivity contribution in [1.29, 1.82) is 0 Å². The summed E-state index contributed by atoms with van der Waals surface area (Å²) in [5, 5.41) is 11.6. The van der Waals surface area contributed by atoms with Crippen LogP contribution < -0.4 is 10.1 Å². The number of nitrogens with zero attached hydrogens (tertiary/aromatic N) is 4. The second-order valence-electron chi connectivity index (χ2n) is 5.83. The van der Waals surface area contributed by atoms with Crippen molar-refractivity contribution in [1.82, 2.24) is 20.1 Å². The second kappa shape index (κ2) is 7.25. The van der Waals surface area contributed by atoms with Gasteiger partial charge in [0.15, 0.2) is 0 Å². The Morgan fingerprint density at radius 1 is 1.25 bits per heavy atom. The van der Waals surface area contributed by atoms with E-state index in [1.165, 1.54) is 7.11 Å². The number of piperidine rings is 1. The van der Waals surface area contributed by atoms with Crippen LogP contribution in [0.25, 0.3) is 0 Å². The van der Waals surface area contributed by atoms with Crippen molar-refractivity contribution in [2.45, 2.75) is 25.8 Å². The summed E-state index contributed by atoms with van der Waals surface area (Å²) in [5.41, 5.74) is 1.40. The first-order chi connectivity index (χ1) is 11.7. The first-order valence-corrected chi connectivity index (χ1v) is 8.02. The van der Waals surface area contributed by atoms with Crippen LogP contribution in [0.2, 0.25) is 0 Å². The van der Waals surface area contributed by atoms with Gasteiger partial charge in [-0.05, 0) is 44.0 Å². The Labute approximate surface area is 141 Å². The van der Waals surface area contributed by atoms with E-state index in [2.05, 4.69) is 20.5 Å². The van der Waals surface area contributed by atoms with Gasteiger partial charge >= 0.3 is 0 Å². The number of nitrogens with one attached hydrogen (secondary N) is 1. The molecule has 0 atom stereocenters. The summed E-state index contributed by atoms with van der Waals surface area (Å²) in [4.78, 5) is 18.6. The van der Waals surface area contributed by atoms with Gasteiger partial charge in [0, 0.05) is 25.3 Å². The van der Waals surface area contributed by atoms with E-state index in [1.807, 2.05) is 24.0 Å². The number of ether oxygens (including phenoxy) is 1. The molecule has 7 nitrogen and oxygen atoms in total. The van der Waals surface area contributed by atoms with Crippen molar-refractivity contribution >= 4 is 11.7 Å². The van der Waals surface area contributed by atoms with Crippen LogP contribution >= 0.6 is 0 Å². The van der Waals surface area contributed by atoms with Crippen LogP contribution in [0.15, 0.2) is 30.5 Å². The van der Waals surface area contributed by atoms with E-state index in [0.29, 0.717) is 30.6 Å². The number of aromatic nitrogens is 3. The second-order valence-corrected chi connectivity index (χ2v) is 5.83. The first kappa shape index (κ1) is 16.2. The van der Waals surface area contributed by atoms with Crippen molar-refractivity contribution in [3.8, 4) is 5.88 Å². The molecule has 1 aliphatic rings. The number of aryl methyl sites for hydroxylation is 1. The average molecular weight is 327 g/mol. The molecule has 0 aliphatic carbocycles. The lowest BCUT2D eigenvalue weighted by molar-refractivity contribution is 0.0714. The highest BCUT2D eigenvalue weighted by atomic mass is 16.5. The number of pyridine rings is 1. The van der Waals surface area contributed by atoms with Crippen molar-refractivity contribution in [2.24, 2.45) is 0 Å². The molecule has 2 aromatic rings. The van der Waals surface area contributed by atoms with Crippen LogP contribution in [-0.4, -0.2) is 52.2 Å². The molecule has 1 saturated heterocycles. The molecule has 126 valence electrons. The molecule has 1 aliphatic heterocycles. The quantitative estimate of drug-likeness (QED) is 0.924. The number of rotatable bonds is 4. The highest BCUT2D eigenvalue weighted by Gasteiger charge is 2.25. The molecule has 1 fully saturated rings. The van der Waals surface area contributed by atoms with Crippen molar-refractivity contribution in [2.75, 3.05) is 25.5 Å². The fourth-order valence-corrected chi connectivity index (χ4v) is 2.80. The number of anilines is 1. The largest absolute Gasteiger partial charge is 0.480 e. The van der Waals surface area contributed by atoms with E-state index in [-0.39, 0.29) is 5.91 Å². The molecule has 1 amide bonds. The number of carbonyl (C=O) groups is 1. The van der Waals surface area contributed by atoms with Gasteiger partial charge in [-0.2, -0.15) is 5.10 Å². The standard InChI is InChI=1S/C17H21N5O2/c1-12-5-6-15(21-20-12)19-13-7-10-22(11-8-13)17(23)14-4-3-9-18-16(14)24-2/h3-6,9,13H,7-8,10-11H2,1-2H3,(H,19,21). The minimum absolute atomic E-state index is 0.0338. The molecule has 0 unspecified atom stereocenters. The van der Waals surface area contributed by atoms with Gasteiger partial charge in [0.25, 0.3) is 5.91 Å². The highest BCUT2D eigenvalue weighted by molar-refractivity contribution is 5.96. The fourth-order valence-electron chi connectivity index (χ4n) is 2.80. The SMILES string of the molecule is COc1ncccc1C(=O)N1CCC(Nc2ccc(C)nn2)CC1. The Balaban J connectivity index is 1.58. The van der Waals surface area contributed by atoms with Crippen LogP contribution in [0.4, 0.5) is 5.82 Å². The highest BCUT2D eigenvalue weighted by Crippen LogP contribution is 2.20. The maximum atomic E-state index is 12.6.